The van der Waals surface area contributed by atoms with Crippen LogP contribution in [0.25, 0.3) is 0 Å². The minimum Gasteiger partial charge on any atom is -0.508 e. The number of carbonyl (C=O) groups excluding carboxylic acids is 1. The zero-order chi connectivity index (χ0) is 17.0. The number of aromatic hydroxyl groups is 1. The zero-order valence-corrected chi connectivity index (χ0v) is 13.7. The molecule has 0 aliphatic rings. The van der Waals surface area contributed by atoms with Crippen molar-refractivity contribution < 1.29 is 24.1 Å². The Balaban J connectivity index is 2.55. The van der Waals surface area contributed by atoms with Crippen molar-refractivity contribution in [2.75, 3.05) is 14.2 Å². The summed E-state index contributed by atoms with van der Waals surface area (Å²) in [6.45, 7) is 3.27. The highest BCUT2D eigenvalue weighted by molar-refractivity contribution is 5.73. The maximum absolute atomic E-state index is 11.5. The summed E-state index contributed by atoms with van der Waals surface area (Å²) in [5, 5.41) is 9.40. The van der Waals surface area contributed by atoms with Gasteiger partial charge in [-0.15, -0.1) is 0 Å². The van der Waals surface area contributed by atoms with Gasteiger partial charge < -0.3 is 19.3 Å². The Kier molecular flexibility index (Phi) is 5.11. The predicted octanol–water partition coefficient (Wildman–Crippen LogP) is 3.23. The molecule has 2 aromatic carbocycles. The van der Waals surface area contributed by atoms with Crippen LogP contribution in [0.2, 0.25) is 0 Å². The Morgan fingerprint density at radius 2 is 1.74 bits per heavy atom. The Morgan fingerprint density at radius 1 is 1.09 bits per heavy atom. The van der Waals surface area contributed by atoms with Crippen molar-refractivity contribution in [1.29, 1.82) is 0 Å². The smallest absolute Gasteiger partial charge is 0.308 e. The molecule has 1 N–H and O–H groups in total. The van der Waals surface area contributed by atoms with Gasteiger partial charge in [0.2, 0.25) is 5.75 Å². The van der Waals surface area contributed by atoms with E-state index in [9.17, 15) is 9.90 Å². The summed E-state index contributed by atoms with van der Waals surface area (Å²) in [7, 11) is 3.04. The van der Waals surface area contributed by atoms with E-state index in [0.717, 1.165) is 16.7 Å². The molecular formula is C18H20O5. The summed E-state index contributed by atoms with van der Waals surface area (Å²) in [6, 6.07) is 8.74. The molecular weight excluding hydrogens is 296 g/mol. The topological polar surface area (TPSA) is 65.0 Å². The number of hydrogen-bond acceptors (Lipinski definition) is 5. The molecule has 0 radical (unpaired) electrons. The molecule has 0 heterocycles. The molecule has 0 aliphatic carbocycles. The average molecular weight is 316 g/mol. The molecule has 5 nitrogen and oxygen atoms in total. The Hall–Kier alpha value is -2.69. The second kappa shape index (κ2) is 7.05. The van der Waals surface area contributed by atoms with E-state index in [4.69, 9.17) is 14.2 Å². The standard InChI is InChI=1S/C18H20O5/c1-11-9-16(21-3)18(22-4)17(23-12(2)19)15(11)10-13-5-7-14(20)8-6-13/h5-9,20H,10H2,1-4H3. The third kappa shape index (κ3) is 3.74. The molecule has 0 atom stereocenters. The lowest BCUT2D eigenvalue weighted by molar-refractivity contribution is -0.132. The molecule has 0 fully saturated rings. The summed E-state index contributed by atoms with van der Waals surface area (Å²) in [4.78, 5) is 11.5. The van der Waals surface area contributed by atoms with Crippen molar-refractivity contribution >= 4 is 5.97 Å². The van der Waals surface area contributed by atoms with Gasteiger partial charge >= 0.3 is 5.97 Å². The first-order chi connectivity index (χ1) is 11.0. The number of phenols is 1. The quantitative estimate of drug-likeness (QED) is 0.677. The molecule has 2 rings (SSSR count). The maximum Gasteiger partial charge on any atom is 0.308 e. The second-order valence-corrected chi connectivity index (χ2v) is 5.17. The van der Waals surface area contributed by atoms with Crippen molar-refractivity contribution in [3.05, 3.63) is 47.0 Å². The van der Waals surface area contributed by atoms with Crippen molar-refractivity contribution in [2.45, 2.75) is 20.3 Å². The van der Waals surface area contributed by atoms with E-state index in [1.165, 1.54) is 21.1 Å². The lowest BCUT2D eigenvalue weighted by Crippen LogP contribution is -2.08. The summed E-state index contributed by atoms with van der Waals surface area (Å²) in [5.41, 5.74) is 2.74. The maximum atomic E-state index is 11.5. The third-order valence-corrected chi connectivity index (χ3v) is 3.51. The molecule has 0 amide bonds. The first-order valence-electron chi connectivity index (χ1n) is 7.17. The van der Waals surface area contributed by atoms with E-state index in [0.29, 0.717) is 23.7 Å². The largest absolute Gasteiger partial charge is 0.508 e. The average Bonchev–Trinajstić information content (AvgIpc) is 2.51. The van der Waals surface area contributed by atoms with Gasteiger partial charge in [-0.25, -0.2) is 0 Å². The number of benzene rings is 2. The van der Waals surface area contributed by atoms with Gasteiger partial charge in [0.1, 0.15) is 5.75 Å². The van der Waals surface area contributed by atoms with Crippen molar-refractivity contribution in [1.82, 2.24) is 0 Å². The second-order valence-electron chi connectivity index (χ2n) is 5.17. The number of carbonyl (C=O) groups is 1. The lowest BCUT2D eigenvalue weighted by atomic mass is 9.98. The number of hydrogen-bond donors (Lipinski definition) is 1. The van der Waals surface area contributed by atoms with Crippen LogP contribution in [0.15, 0.2) is 30.3 Å². The molecule has 0 saturated heterocycles. The van der Waals surface area contributed by atoms with Crippen molar-refractivity contribution in [3.8, 4) is 23.0 Å². The van der Waals surface area contributed by atoms with Crippen LogP contribution in [0.1, 0.15) is 23.6 Å². The van der Waals surface area contributed by atoms with E-state index in [1.807, 2.05) is 25.1 Å². The van der Waals surface area contributed by atoms with Crippen LogP contribution in [0, 0.1) is 6.92 Å². The predicted molar refractivity (Wildman–Crippen MR) is 86.5 cm³/mol. The van der Waals surface area contributed by atoms with Crippen LogP contribution in [0.3, 0.4) is 0 Å². The summed E-state index contributed by atoms with van der Waals surface area (Å²) in [6.07, 6.45) is 0.537. The number of methoxy groups -OCH3 is 2. The molecule has 0 aromatic heterocycles. The molecule has 0 spiro atoms. The monoisotopic (exact) mass is 316 g/mol. The molecule has 0 bridgehead atoms. The van der Waals surface area contributed by atoms with Gasteiger partial charge in [-0.2, -0.15) is 0 Å². The van der Waals surface area contributed by atoms with Gasteiger partial charge in [-0.05, 0) is 36.2 Å². The van der Waals surface area contributed by atoms with Gasteiger partial charge in [-0.1, -0.05) is 12.1 Å². The molecule has 0 unspecified atom stereocenters. The molecule has 0 saturated carbocycles. The normalized spacial score (nSPS) is 10.3. The molecule has 0 aliphatic heterocycles. The van der Waals surface area contributed by atoms with Crippen LogP contribution >= 0.6 is 0 Å². The first kappa shape index (κ1) is 16.7. The van der Waals surface area contributed by atoms with Crippen molar-refractivity contribution in [2.24, 2.45) is 0 Å². The minimum absolute atomic E-state index is 0.206. The number of rotatable bonds is 5. The highest BCUT2D eigenvalue weighted by Crippen LogP contribution is 2.43. The molecule has 5 heteroatoms. The fraction of sp³-hybridized carbons (Fsp3) is 0.278. The number of phenolic OH excluding ortho intramolecular Hbond substituents is 1. The lowest BCUT2D eigenvalue weighted by Gasteiger charge is -2.18. The minimum atomic E-state index is -0.428. The first-order valence-corrected chi connectivity index (χ1v) is 7.17. The van der Waals surface area contributed by atoms with Crippen LogP contribution in [0.4, 0.5) is 0 Å². The van der Waals surface area contributed by atoms with Gasteiger partial charge in [-0.3, -0.25) is 4.79 Å². The van der Waals surface area contributed by atoms with E-state index in [-0.39, 0.29) is 5.75 Å². The molecule has 122 valence electrons. The van der Waals surface area contributed by atoms with E-state index in [2.05, 4.69) is 0 Å². The SMILES string of the molecule is COc1cc(C)c(Cc2ccc(O)cc2)c(OC(C)=O)c1OC. The zero-order valence-electron chi connectivity index (χ0n) is 13.7. The van der Waals surface area contributed by atoms with E-state index >= 15 is 0 Å². The number of ether oxygens (including phenoxy) is 3. The Labute approximate surface area is 135 Å². The molecule has 23 heavy (non-hydrogen) atoms. The van der Waals surface area contributed by atoms with Crippen molar-refractivity contribution in [3.63, 3.8) is 0 Å². The van der Waals surface area contributed by atoms with Crippen LogP contribution in [0.5, 0.6) is 23.0 Å². The number of esters is 1. The highest BCUT2D eigenvalue weighted by Gasteiger charge is 2.21. The summed E-state index contributed by atoms with van der Waals surface area (Å²) < 4.78 is 16.1. The highest BCUT2D eigenvalue weighted by atomic mass is 16.6. The van der Waals surface area contributed by atoms with Crippen LogP contribution in [-0.4, -0.2) is 25.3 Å². The fourth-order valence-electron chi connectivity index (χ4n) is 2.41. The van der Waals surface area contributed by atoms with Gasteiger partial charge in [0.15, 0.2) is 11.5 Å². The summed E-state index contributed by atoms with van der Waals surface area (Å²) in [5.74, 6) is 1.05. The Morgan fingerprint density at radius 3 is 2.26 bits per heavy atom. The molecule has 2 aromatic rings. The van der Waals surface area contributed by atoms with Gasteiger partial charge in [0.05, 0.1) is 14.2 Å². The van der Waals surface area contributed by atoms with E-state index in [1.54, 1.807) is 12.1 Å². The third-order valence-electron chi connectivity index (χ3n) is 3.51. The summed E-state index contributed by atoms with van der Waals surface area (Å²) >= 11 is 0. The fourth-order valence-corrected chi connectivity index (χ4v) is 2.41. The van der Waals surface area contributed by atoms with E-state index < -0.39 is 5.97 Å². The van der Waals surface area contributed by atoms with Crippen LogP contribution in [-0.2, 0) is 11.2 Å². The van der Waals surface area contributed by atoms with Gasteiger partial charge in [0, 0.05) is 18.9 Å². The number of aryl methyl sites for hydroxylation is 1. The Bertz CT molecular complexity index is 704. The van der Waals surface area contributed by atoms with Gasteiger partial charge in [0.25, 0.3) is 0 Å². The van der Waals surface area contributed by atoms with Crippen LogP contribution < -0.4 is 14.2 Å².